The highest BCUT2D eigenvalue weighted by molar-refractivity contribution is 7.09. The maximum atomic E-state index is 12.3. The molecule has 1 amide bonds. The van der Waals surface area contributed by atoms with Crippen molar-refractivity contribution in [3.05, 3.63) is 45.9 Å². The van der Waals surface area contributed by atoms with Crippen LogP contribution in [0.4, 0.5) is 5.69 Å². The van der Waals surface area contributed by atoms with Gasteiger partial charge >= 0.3 is 0 Å². The zero-order valence-electron chi connectivity index (χ0n) is 12.5. The lowest BCUT2D eigenvalue weighted by Crippen LogP contribution is -2.35. The third-order valence-corrected chi connectivity index (χ3v) is 4.39. The molecule has 0 unspecified atom stereocenters. The Morgan fingerprint density at radius 2 is 2.14 bits per heavy atom. The van der Waals surface area contributed by atoms with Crippen LogP contribution in [0.1, 0.15) is 21.1 Å². The van der Waals surface area contributed by atoms with Crippen LogP contribution >= 0.6 is 11.3 Å². The van der Waals surface area contributed by atoms with Crippen molar-refractivity contribution >= 4 is 22.9 Å². The minimum Gasteiger partial charge on any atom is -0.379 e. The molecule has 22 heavy (non-hydrogen) atoms. The van der Waals surface area contributed by atoms with Gasteiger partial charge in [0.2, 0.25) is 0 Å². The van der Waals surface area contributed by atoms with E-state index in [-0.39, 0.29) is 5.91 Å². The van der Waals surface area contributed by atoms with Crippen molar-refractivity contribution in [3.63, 3.8) is 0 Å². The first-order chi connectivity index (χ1) is 10.7. The molecule has 5 nitrogen and oxygen atoms in total. The third kappa shape index (κ3) is 3.71. The van der Waals surface area contributed by atoms with Gasteiger partial charge in [-0.1, -0.05) is 18.2 Å². The number of para-hydroxylation sites is 1. The molecule has 0 radical (unpaired) electrons. The fourth-order valence-corrected chi connectivity index (χ4v) is 3.03. The van der Waals surface area contributed by atoms with Gasteiger partial charge in [0.05, 0.1) is 18.2 Å². The Labute approximate surface area is 133 Å². The second-order valence-electron chi connectivity index (χ2n) is 5.25. The number of morpholine rings is 1. The van der Waals surface area contributed by atoms with Gasteiger partial charge in [0.15, 0.2) is 0 Å². The van der Waals surface area contributed by atoms with Gasteiger partial charge in [-0.15, -0.1) is 11.3 Å². The first-order valence-corrected chi connectivity index (χ1v) is 8.22. The molecule has 6 heteroatoms. The number of benzene rings is 1. The van der Waals surface area contributed by atoms with Crippen molar-refractivity contribution in [1.29, 1.82) is 0 Å². The van der Waals surface area contributed by atoms with E-state index in [0.717, 1.165) is 49.1 Å². The van der Waals surface area contributed by atoms with Gasteiger partial charge in [-0.2, -0.15) is 0 Å². The summed E-state index contributed by atoms with van der Waals surface area (Å²) in [4.78, 5) is 18.8. The summed E-state index contributed by atoms with van der Waals surface area (Å²) >= 11 is 1.48. The fourth-order valence-electron chi connectivity index (χ4n) is 2.43. The number of nitrogens with one attached hydrogen (secondary N) is 1. The number of anilines is 1. The summed E-state index contributed by atoms with van der Waals surface area (Å²) in [5, 5.41) is 5.66. The number of carbonyl (C=O) groups excluding carboxylic acids is 1. The molecule has 1 N–H and O–H groups in total. The number of aromatic nitrogens is 1. The van der Waals surface area contributed by atoms with Gasteiger partial charge in [0.25, 0.3) is 5.91 Å². The summed E-state index contributed by atoms with van der Waals surface area (Å²) in [6, 6.07) is 7.92. The highest BCUT2D eigenvalue weighted by atomic mass is 32.1. The van der Waals surface area contributed by atoms with Crippen molar-refractivity contribution in [2.45, 2.75) is 13.5 Å². The van der Waals surface area contributed by atoms with Crippen LogP contribution < -0.4 is 5.32 Å². The van der Waals surface area contributed by atoms with Crippen molar-refractivity contribution in [2.75, 3.05) is 31.6 Å². The predicted molar refractivity (Wildman–Crippen MR) is 87.3 cm³/mol. The monoisotopic (exact) mass is 317 g/mol. The van der Waals surface area contributed by atoms with Crippen LogP contribution in [0.5, 0.6) is 0 Å². The van der Waals surface area contributed by atoms with Gasteiger partial charge in [0, 0.05) is 30.7 Å². The van der Waals surface area contributed by atoms with Gasteiger partial charge in [-0.05, 0) is 18.6 Å². The van der Waals surface area contributed by atoms with Crippen LogP contribution in [-0.4, -0.2) is 42.1 Å². The van der Waals surface area contributed by atoms with E-state index in [2.05, 4.69) is 21.3 Å². The van der Waals surface area contributed by atoms with E-state index >= 15 is 0 Å². The van der Waals surface area contributed by atoms with E-state index in [9.17, 15) is 4.79 Å². The summed E-state index contributed by atoms with van der Waals surface area (Å²) in [5.41, 5.74) is 2.44. The molecular weight excluding hydrogens is 298 g/mol. The number of amides is 1. The number of hydrogen-bond acceptors (Lipinski definition) is 5. The van der Waals surface area contributed by atoms with Gasteiger partial charge in [-0.25, -0.2) is 4.98 Å². The van der Waals surface area contributed by atoms with Crippen LogP contribution in [-0.2, 0) is 11.3 Å². The topological polar surface area (TPSA) is 54.5 Å². The molecule has 2 heterocycles. The Morgan fingerprint density at radius 3 is 2.86 bits per heavy atom. The molecule has 116 valence electrons. The summed E-state index contributed by atoms with van der Waals surface area (Å²) in [7, 11) is 0. The smallest absolute Gasteiger partial charge is 0.275 e. The Balaban J connectivity index is 1.71. The van der Waals surface area contributed by atoms with Crippen LogP contribution in [0.2, 0.25) is 0 Å². The average Bonchev–Trinajstić information content (AvgIpc) is 2.97. The number of carbonyl (C=O) groups is 1. The summed E-state index contributed by atoms with van der Waals surface area (Å²) in [6.45, 7) is 6.10. The lowest BCUT2D eigenvalue weighted by molar-refractivity contribution is 0.0342. The van der Waals surface area contributed by atoms with Crippen molar-refractivity contribution in [1.82, 2.24) is 9.88 Å². The number of nitrogens with zero attached hydrogens (tertiary/aromatic N) is 2. The van der Waals surface area contributed by atoms with Crippen LogP contribution in [0.3, 0.4) is 0 Å². The van der Waals surface area contributed by atoms with Gasteiger partial charge in [0.1, 0.15) is 5.69 Å². The van der Waals surface area contributed by atoms with E-state index in [4.69, 9.17) is 4.74 Å². The molecule has 1 fully saturated rings. The second-order valence-corrected chi connectivity index (χ2v) is 6.31. The van der Waals surface area contributed by atoms with E-state index in [1.807, 2.05) is 25.1 Å². The number of rotatable bonds is 4. The number of thiazole rings is 1. The molecule has 3 rings (SSSR count). The first-order valence-electron chi connectivity index (χ1n) is 7.34. The zero-order valence-corrected chi connectivity index (χ0v) is 13.4. The average molecular weight is 317 g/mol. The Bertz CT molecular complexity index is 650. The molecular formula is C16H19N3O2S. The largest absolute Gasteiger partial charge is 0.379 e. The summed E-state index contributed by atoms with van der Waals surface area (Å²) < 4.78 is 5.37. The Kier molecular flexibility index (Phi) is 4.82. The number of ether oxygens (including phenoxy) is 1. The van der Waals surface area contributed by atoms with Crippen molar-refractivity contribution in [3.8, 4) is 0 Å². The Morgan fingerprint density at radius 1 is 1.36 bits per heavy atom. The summed E-state index contributed by atoms with van der Waals surface area (Å²) in [6.07, 6.45) is 0. The standard InChI is InChI=1S/C16H19N3O2S/c1-12-17-15(11-22-12)16(20)18-14-5-3-2-4-13(14)10-19-6-8-21-9-7-19/h2-5,11H,6-10H2,1H3,(H,18,20). The second kappa shape index (κ2) is 7.00. The van der Waals surface area contributed by atoms with Crippen LogP contribution in [0, 0.1) is 6.92 Å². The molecule has 0 bridgehead atoms. The molecule has 0 aliphatic carbocycles. The zero-order chi connectivity index (χ0) is 15.4. The fraction of sp³-hybridized carbons (Fsp3) is 0.375. The van der Waals surface area contributed by atoms with Crippen LogP contribution in [0.25, 0.3) is 0 Å². The lowest BCUT2D eigenvalue weighted by atomic mass is 10.1. The van der Waals surface area contributed by atoms with Crippen molar-refractivity contribution in [2.24, 2.45) is 0 Å². The maximum Gasteiger partial charge on any atom is 0.275 e. The molecule has 1 saturated heterocycles. The molecule has 1 aliphatic rings. The quantitative estimate of drug-likeness (QED) is 0.941. The van der Waals surface area contributed by atoms with Crippen LogP contribution in [0.15, 0.2) is 29.6 Å². The minimum absolute atomic E-state index is 0.154. The molecule has 0 atom stereocenters. The SMILES string of the molecule is Cc1nc(C(=O)Nc2ccccc2CN2CCOCC2)cs1. The molecule has 0 spiro atoms. The van der Waals surface area contributed by atoms with E-state index < -0.39 is 0 Å². The van der Waals surface area contributed by atoms with Gasteiger partial charge in [-0.3, -0.25) is 9.69 Å². The molecule has 1 aromatic carbocycles. The lowest BCUT2D eigenvalue weighted by Gasteiger charge is -2.27. The molecule has 1 aliphatic heterocycles. The van der Waals surface area contributed by atoms with E-state index in [0.29, 0.717) is 5.69 Å². The van der Waals surface area contributed by atoms with Crippen molar-refractivity contribution < 1.29 is 9.53 Å². The highest BCUT2D eigenvalue weighted by Crippen LogP contribution is 2.19. The predicted octanol–water partition coefficient (Wildman–Crippen LogP) is 2.54. The third-order valence-electron chi connectivity index (χ3n) is 3.61. The minimum atomic E-state index is -0.154. The van der Waals surface area contributed by atoms with E-state index in [1.54, 1.807) is 5.38 Å². The first kappa shape index (κ1) is 15.1. The Hall–Kier alpha value is -1.76. The summed E-state index contributed by atoms with van der Waals surface area (Å²) in [5.74, 6) is -0.154. The normalized spacial score (nSPS) is 15.7. The van der Waals surface area contributed by atoms with Gasteiger partial charge < -0.3 is 10.1 Å². The number of aryl methyl sites for hydroxylation is 1. The highest BCUT2D eigenvalue weighted by Gasteiger charge is 2.15. The molecule has 1 aromatic heterocycles. The molecule has 2 aromatic rings. The van der Waals surface area contributed by atoms with E-state index in [1.165, 1.54) is 11.3 Å². The maximum absolute atomic E-state index is 12.3. The number of hydrogen-bond donors (Lipinski definition) is 1. The molecule has 0 saturated carbocycles.